The number of fused-ring (bicyclic) bond motifs is 4. The molecule has 3 heterocycles. The Morgan fingerprint density at radius 3 is 2.45 bits per heavy atom. The lowest BCUT2D eigenvalue weighted by molar-refractivity contribution is 0.815. The second kappa shape index (κ2) is 9.61. The van der Waals surface area contributed by atoms with Crippen LogP contribution in [-0.2, 0) is 0 Å². The number of nitrogens with one attached hydrogen (secondary N) is 1. The normalized spacial score (nSPS) is 16.6. The van der Waals surface area contributed by atoms with Gasteiger partial charge in [-0.1, -0.05) is 70.5 Å². The lowest BCUT2D eigenvalue weighted by Crippen LogP contribution is -2.48. The summed E-state index contributed by atoms with van der Waals surface area (Å²) in [6, 6.07) is 33.1. The van der Waals surface area contributed by atoms with Crippen molar-refractivity contribution >= 4 is 50.5 Å². The molecule has 2 aliphatic rings. The summed E-state index contributed by atoms with van der Waals surface area (Å²) >= 11 is 3.71. The average Bonchev–Trinajstić information content (AvgIpc) is 3.30. The molecule has 1 atom stereocenters. The van der Waals surface area contributed by atoms with E-state index in [4.69, 9.17) is 15.1 Å². The predicted octanol–water partition coefficient (Wildman–Crippen LogP) is 8.36. The number of benzene rings is 4. The molecule has 0 spiro atoms. The van der Waals surface area contributed by atoms with Crippen LogP contribution in [0.4, 0.5) is 22.9 Å². The Bertz CT molecular complexity index is 1840. The first-order valence-electron chi connectivity index (χ1n) is 13.3. The van der Waals surface area contributed by atoms with Crippen LogP contribution < -0.4 is 10.2 Å². The quantitative estimate of drug-likeness (QED) is 0.231. The Kier molecular flexibility index (Phi) is 5.90. The number of halogens is 1. The summed E-state index contributed by atoms with van der Waals surface area (Å²) in [7, 11) is 0. The van der Waals surface area contributed by atoms with Crippen molar-refractivity contribution in [2.24, 2.45) is 9.98 Å². The van der Waals surface area contributed by atoms with Crippen LogP contribution in [0, 0.1) is 20.8 Å². The van der Waals surface area contributed by atoms with Crippen LogP contribution in [0.15, 0.2) is 112 Å². The Morgan fingerprint density at radius 2 is 1.62 bits per heavy atom. The first kappa shape index (κ1) is 24.5. The molecule has 0 saturated carbocycles. The summed E-state index contributed by atoms with van der Waals surface area (Å²) in [5.41, 5.74) is 9.42. The van der Waals surface area contributed by atoms with E-state index in [1.807, 2.05) is 28.9 Å². The fourth-order valence-electron chi connectivity index (χ4n) is 5.55. The first-order chi connectivity index (χ1) is 19.5. The summed E-state index contributed by atoms with van der Waals surface area (Å²) < 4.78 is 2.98. The molecule has 0 unspecified atom stereocenters. The third-order valence-electron chi connectivity index (χ3n) is 7.65. The second-order valence-electron chi connectivity index (χ2n) is 10.2. The zero-order chi connectivity index (χ0) is 27.4. The number of aryl methyl sites for hydroxylation is 2. The molecule has 1 N–H and O–H groups in total. The van der Waals surface area contributed by atoms with Crippen molar-refractivity contribution in [3.63, 3.8) is 0 Å². The number of aliphatic imine (C=N–C) groups is 2. The van der Waals surface area contributed by atoms with Gasteiger partial charge in [-0.3, -0.25) is 0 Å². The molecule has 0 aliphatic carbocycles. The van der Waals surface area contributed by atoms with Crippen LogP contribution in [0.3, 0.4) is 0 Å². The smallest absolute Gasteiger partial charge is 0.179 e. The molecule has 7 rings (SSSR count). The molecule has 0 saturated heterocycles. The van der Waals surface area contributed by atoms with Gasteiger partial charge in [-0.2, -0.15) is 5.10 Å². The fraction of sp³-hybridized carbons (Fsp3) is 0.121. The highest BCUT2D eigenvalue weighted by Gasteiger charge is 2.42. The SMILES string of the molecule is Cc1cccc(N=C2Nc3ccccc3N3C2=Nc2c(c(C)nn2-c2ccccc2)[C@H]3c2cccc(Br)c2)c1C. The Balaban J connectivity index is 1.55. The Labute approximate surface area is 241 Å². The van der Waals surface area contributed by atoms with Crippen LogP contribution in [0.5, 0.6) is 0 Å². The van der Waals surface area contributed by atoms with Crippen molar-refractivity contribution < 1.29 is 0 Å². The molecule has 0 bridgehead atoms. The number of para-hydroxylation sites is 3. The minimum Gasteiger partial charge on any atom is -0.335 e. The van der Waals surface area contributed by atoms with Crippen molar-refractivity contribution in [2.45, 2.75) is 26.8 Å². The Hall–Kier alpha value is -4.49. The highest BCUT2D eigenvalue weighted by molar-refractivity contribution is 9.10. The molecule has 2 aliphatic heterocycles. The number of aromatic nitrogens is 2. The Morgan fingerprint density at radius 1 is 0.850 bits per heavy atom. The van der Waals surface area contributed by atoms with E-state index in [9.17, 15) is 0 Å². The van der Waals surface area contributed by atoms with Crippen molar-refractivity contribution in [1.82, 2.24) is 9.78 Å². The maximum absolute atomic E-state index is 5.33. The van der Waals surface area contributed by atoms with E-state index in [0.29, 0.717) is 5.84 Å². The number of hydrogen-bond acceptors (Lipinski definition) is 4. The highest BCUT2D eigenvalue weighted by Crippen LogP contribution is 2.48. The highest BCUT2D eigenvalue weighted by atomic mass is 79.9. The zero-order valence-corrected chi connectivity index (χ0v) is 24.0. The van der Waals surface area contributed by atoms with Gasteiger partial charge in [-0.05, 0) is 79.9 Å². The van der Waals surface area contributed by atoms with Gasteiger partial charge < -0.3 is 10.2 Å². The number of nitrogens with zero attached hydrogens (tertiary/aromatic N) is 5. The molecule has 40 heavy (non-hydrogen) atoms. The van der Waals surface area contributed by atoms with Crippen LogP contribution in [0.1, 0.15) is 34.0 Å². The van der Waals surface area contributed by atoms with Crippen LogP contribution in [0.25, 0.3) is 5.69 Å². The molecule has 0 radical (unpaired) electrons. The summed E-state index contributed by atoms with van der Waals surface area (Å²) in [5, 5.41) is 8.63. The average molecular weight is 588 g/mol. The van der Waals surface area contributed by atoms with Gasteiger partial charge >= 0.3 is 0 Å². The van der Waals surface area contributed by atoms with Gasteiger partial charge in [0.2, 0.25) is 0 Å². The van der Waals surface area contributed by atoms with Crippen LogP contribution >= 0.6 is 15.9 Å². The van der Waals surface area contributed by atoms with Gasteiger partial charge in [0, 0.05) is 10.0 Å². The maximum Gasteiger partial charge on any atom is 0.179 e. The molecule has 5 aromatic rings. The molecule has 6 nitrogen and oxygen atoms in total. The van der Waals surface area contributed by atoms with Gasteiger partial charge in [-0.25, -0.2) is 14.7 Å². The lowest BCUT2D eigenvalue weighted by Gasteiger charge is -2.42. The molecule has 7 heteroatoms. The summed E-state index contributed by atoms with van der Waals surface area (Å²) in [4.78, 5) is 12.8. The van der Waals surface area contributed by atoms with E-state index >= 15 is 0 Å². The molecular formula is C33H27BrN6. The minimum absolute atomic E-state index is 0.162. The molecular weight excluding hydrogens is 560 g/mol. The zero-order valence-electron chi connectivity index (χ0n) is 22.4. The molecule has 0 amide bonds. The summed E-state index contributed by atoms with van der Waals surface area (Å²) in [6.45, 7) is 6.30. The van der Waals surface area contributed by atoms with Crippen molar-refractivity contribution in [2.75, 3.05) is 10.2 Å². The standard InChI is InChI=1S/C33H27BrN6/c1-20-11-9-17-26(21(20)2)35-31-33-37-32-29(22(3)38-40(32)25-14-5-4-6-15-25)30(23-12-10-13-24(34)19-23)39(33)28-18-8-7-16-27(28)36-31/h4-19,30H,1-3H3,(H,35,36)/t30-/m1/s1. The van der Waals surface area contributed by atoms with E-state index in [0.717, 1.165) is 61.3 Å². The van der Waals surface area contributed by atoms with Crippen LogP contribution in [0.2, 0.25) is 0 Å². The van der Waals surface area contributed by atoms with E-state index in [-0.39, 0.29) is 6.04 Å². The minimum atomic E-state index is -0.162. The number of hydrogen-bond donors (Lipinski definition) is 1. The van der Waals surface area contributed by atoms with E-state index < -0.39 is 0 Å². The predicted molar refractivity (Wildman–Crippen MR) is 167 cm³/mol. The second-order valence-corrected chi connectivity index (χ2v) is 11.1. The molecule has 196 valence electrons. The van der Waals surface area contributed by atoms with E-state index in [1.165, 1.54) is 5.56 Å². The number of amidine groups is 2. The largest absolute Gasteiger partial charge is 0.335 e. The van der Waals surface area contributed by atoms with Crippen LogP contribution in [-0.4, -0.2) is 21.5 Å². The van der Waals surface area contributed by atoms with Gasteiger partial charge in [0.1, 0.15) is 0 Å². The van der Waals surface area contributed by atoms with Gasteiger partial charge in [0.15, 0.2) is 17.5 Å². The number of anilines is 2. The molecule has 1 aromatic heterocycles. The lowest BCUT2D eigenvalue weighted by atomic mass is 9.93. The summed E-state index contributed by atoms with van der Waals surface area (Å²) in [5.74, 6) is 2.28. The third kappa shape index (κ3) is 3.97. The monoisotopic (exact) mass is 586 g/mol. The first-order valence-corrected chi connectivity index (χ1v) is 14.1. The third-order valence-corrected chi connectivity index (χ3v) is 8.15. The molecule has 4 aromatic carbocycles. The topological polar surface area (TPSA) is 57.8 Å². The fourth-order valence-corrected chi connectivity index (χ4v) is 5.97. The van der Waals surface area contributed by atoms with Gasteiger partial charge in [0.25, 0.3) is 0 Å². The molecule has 0 fully saturated rings. The van der Waals surface area contributed by atoms with E-state index in [2.05, 4.69) is 120 Å². The van der Waals surface area contributed by atoms with Gasteiger partial charge in [-0.15, -0.1) is 0 Å². The number of rotatable bonds is 3. The van der Waals surface area contributed by atoms with E-state index in [1.54, 1.807) is 0 Å². The van der Waals surface area contributed by atoms with Crippen molar-refractivity contribution in [3.05, 3.63) is 129 Å². The summed E-state index contributed by atoms with van der Waals surface area (Å²) in [6.07, 6.45) is 0. The van der Waals surface area contributed by atoms with Gasteiger partial charge in [0.05, 0.1) is 34.5 Å². The van der Waals surface area contributed by atoms with Crippen molar-refractivity contribution in [3.8, 4) is 5.69 Å². The van der Waals surface area contributed by atoms with Crippen molar-refractivity contribution in [1.29, 1.82) is 0 Å². The maximum atomic E-state index is 5.33.